The molecule has 0 aliphatic rings. The van der Waals surface area contributed by atoms with E-state index in [0.717, 1.165) is 0 Å². The van der Waals surface area contributed by atoms with Crippen LogP contribution in [0.3, 0.4) is 0 Å². The molecule has 0 heterocycles. The van der Waals surface area contributed by atoms with Crippen molar-refractivity contribution in [2.75, 3.05) is 0 Å². The molecule has 0 amide bonds. The first-order valence-corrected chi connectivity index (χ1v) is 4.34. The molecular formula is C4H15AlOSi. The van der Waals surface area contributed by atoms with Crippen LogP contribution in [-0.2, 0) is 0 Å². The fraction of sp³-hybridized carbons (Fsp3) is 1.00. The number of hydrogen-bond donors (Lipinski definition) is 1. The minimum absolute atomic E-state index is 0.306. The average Bonchev–Trinajstić information content (AvgIpc) is 1.36. The van der Waals surface area contributed by atoms with Crippen LogP contribution in [0.25, 0.3) is 0 Å². The Balaban J connectivity index is 0. The van der Waals surface area contributed by atoms with Crippen LogP contribution < -0.4 is 0 Å². The van der Waals surface area contributed by atoms with Gasteiger partial charge < -0.3 is 4.80 Å². The van der Waals surface area contributed by atoms with Crippen LogP contribution >= 0.6 is 0 Å². The lowest BCUT2D eigenvalue weighted by molar-refractivity contribution is 0.629. The predicted molar refractivity (Wildman–Crippen MR) is 40.4 cm³/mol. The van der Waals surface area contributed by atoms with E-state index in [0.29, 0.717) is 14.8 Å². The predicted octanol–water partition coefficient (Wildman–Crippen LogP) is -0.903. The topological polar surface area (TPSA) is 20.2 Å². The summed E-state index contributed by atoms with van der Waals surface area (Å²) in [7, 11) is 0.306. The highest BCUT2D eigenvalue weighted by atomic mass is 28.2. The van der Waals surface area contributed by atoms with Gasteiger partial charge in [-0.25, -0.2) is 0 Å². The molecule has 0 atom stereocenters. The van der Waals surface area contributed by atoms with Crippen molar-refractivity contribution in [1.29, 1.82) is 0 Å². The molecule has 0 saturated heterocycles. The molecule has 0 aromatic rings. The lowest BCUT2D eigenvalue weighted by Crippen LogP contribution is -1.90. The molecule has 0 aromatic carbocycles. The molecule has 0 bridgehead atoms. The average molecular weight is 134 g/mol. The molecule has 0 fully saturated rings. The van der Waals surface area contributed by atoms with Crippen LogP contribution in [0.15, 0.2) is 0 Å². The molecule has 0 rings (SSSR count). The summed E-state index contributed by atoms with van der Waals surface area (Å²) in [6.07, 6.45) is 0. The Labute approximate surface area is 57.1 Å². The van der Waals surface area contributed by atoms with E-state index in [4.69, 9.17) is 4.80 Å². The summed E-state index contributed by atoms with van der Waals surface area (Å²) in [5.41, 5.74) is 0. The second kappa shape index (κ2) is 4.86. The Morgan fingerprint density at radius 3 is 1.29 bits per heavy atom. The molecule has 0 spiro atoms. The standard InChI is InChI=1S/C4H9.Al.H4OSi.2H/c1-4(2)3;;1-2;;/h1-3H3;;1H,2H3;;. The first-order chi connectivity index (χ1) is 3.00. The Hall–Kier alpha value is 0.709. The summed E-state index contributed by atoms with van der Waals surface area (Å²) in [6.45, 7) is 6.75. The van der Waals surface area contributed by atoms with Gasteiger partial charge in [0.05, 0.1) is 0 Å². The molecule has 0 aromatic heterocycles. The van der Waals surface area contributed by atoms with Gasteiger partial charge >= 0.3 is 0 Å². The molecule has 1 N–H and O–H groups in total. The highest BCUT2D eigenvalue weighted by Gasteiger charge is 1.96. The highest BCUT2D eigenvalue weighted by Crippen LogP contribution is 2.13. The van der Waals surface area contributed by atoms with E-state index in [2.05, 4.69) is 20.8 Å². The molecule has 0 radical (unpaired) electrons. The van der Waals surface area contributed by atoms with Crippen LogP contribution in [0.1, 0.15) is 20.8 Å². The lowest BCUT2D eigenvalue weighted by atomic mass is 10.2. The molecule has 44 valence electrons. The summed E-state index contributed by atoms with van der Waals surface area (Å²) in [5.74, 6) is 0. The van der Waals surface area contributed by atoms with Crippen molar-refractivity contribution in [2.45, 2.75) is 25.0 Å². The van der Waals surface area contributed by atoms with E-state index in [1.54, 1.807) is 0 Å². The second-order valence-electron chi connectivity index (χ2n) is 3.00. The minimum Gasteiger partial charge on any atom is -0.442 e. The summed E-state index contributed by atoms with van der Waals surface area (Å²) >= 11 is 1.31. The summed E-state index contributed by atoms with van der Waals surface area (Å²) in [6, 6.07) is 0. The van der Waals surface area contributed by atoms with Gasteiger partial charge in [0.2, 0.25) is 16.3 Å². The number of hydrogen-bond acceptors (Lipinski definition) is 1. The van der Waals surface area contributed by atoms with Gasteiger partial charge in [-0.05, 0) is 0 Å². The summed E-state index contributed by atoms with van der Waals surface area (Å²) in [5, 5.41) is 0. The van der Waals surface area contributed by atoms with Gasteiger partial charge in [0.1, 0.15) is 10.5 Å². The maximum atomic E-state index is 7.14. The maximum absolute atomic E-state index is 7.14. The van der Waals surface area contributed by atoms with Gasteiger partial charge in [0.25, 0.3) is 0 Å². The van der Waals surface area contributed by atoms with E-state index >= 15 is 0 Å². The van der Waals surface area contributed by atoms with Crippen LogP contribution in [-0.4, -0.2) is 31.6 Å². The van der Waals surface area contributed by atoms with E-state index in [9.17, 15) is 0 Å². The first kappa shape index (κ1) is 10.6. The second-order valence-corrected chi connectivity index (χ2v) is 6.00. The molecule has 0 aliphatic carbocycles. The highest BCUT2D eigenvalue weighted by molar-refractivity contribution is 6.14. The van der Waals surface area contributed by atoms with E-state index in [1.165, 1.54) is 16.3 Å². The SMILES string of the molecule is C[C](C)(C)[AlH2].O[SiH3]. The molecular weight excluding hydrogens is 119 g/mol. The first-order valence-electron chi connectivity index (χ1n) is 2.45. The zero-order valence-corrected chi connectivity index (χ0v) is 9.95. The normalized spacial score (nSPS) is 9.71. The van der Waals surface area contributed by atoms with Crippen molar-refractivity contribution in [3.63, 3.8) is 0 Å². The number of rotatable bonds is 0. The monoisotopic (exact) mass is 134 g/mol. The van der Waals surface area contributed by atoms with Crippen LogP contribution in [0.5, 0.6) is 0 Å². The quantitative estimate of drug-likeness (QED) is 0.426. The molecule has 1 nitrogen and oxygen atoms in total. The molecule has 3 heteroatoms. The van der Waals surface area contributed by atoms with E-state index < -0.39 is 0 Å². The minimum atomic E-state index is 0.306. The summed E-state index contributed by atoms with van der Waals surface area (Å²) < 4.78 is 0.639. The maximum Gasteiger partial charge on any atom is 0.220 e. The van der Waals surface area contributed by atoms with Gasteiger partial charge in [-0.15, -0.1) is 0 Å². The zero-order valence-electron chi connectivity index (χ0n) is 5.95. The van der Waals surface area contributed by atoms with Crippen LogP contribution in [0, 0.1) is 0 Å². The lowest BCUT2D eigenvalue weighted by Gasteiger charge is -2.05. The smallest absolute Gasteiger partial charge is 0.220 e. The Morgan fingerprint density at radius 1 is 1.29 bits per heavy atom. The third kappa shape index (κ3) is 296. The third-order valence-electron chi connectivity index (χ3n) is 0. The molecule has 0 saturated carbocycles. The zero-order chi connectivity index (χ0) is 6.50. The van der Waals surface area contributed by atoms with Crippen molar-refractivity contribution < 1.29 is 4.80 Å². The van der Waals surface area contributed by atoms with E-state index in [1.807, 2.05) is 0 Å². The van der Waals surface area contributed by atoms with Gasteiger partial charge in [0.15, 0.2) is 0 Å². The van der Waals surface area contributed by atoms with Gasteiger partial charge in [-0.1, -0.05) is 25.0 Å². The fourth-order valence-corrected chi connectivity index (χ4v) is 0. The fourth-order valence-electron chi connectivity index (χ4n) is 0. The van der Waals surface area contributed by atoms with Crippen molar-refractivity contribution in [3.05, 3.63) is 0 Å². The Morgan fingerprint density at radius 2 is 1.29 bits per heavy atom. The van der Waals surface area contributed by atoms with Crippen LogP contribution in [0.2, 0.25) is 4.28 Å². The van der Waals surface area contributed by atoms with Gasteiger partial charge in [0, 0.05) is 0 Å². The molecule has 7 heavy (non-hydrogen) atoms. The largest absolute Gasteiger partial charge is 0.442 e. The molecule has 0 unspecified atom stereocenters. The Bertz CT molecular complexity index is 27.2. The van der Waals surface area contributed by atoms with Gasteiger partial charge in [-0.3, -0.25) is 0 Å². The Kier molecular flexibility index (Phi) is 7.39. The summed E-state index contributed by atoms with van der Waals surface area (Å²) in [4.78, 5) is 7.14. The van der Waals surface area contributed by atoms with Crippen molar-refractivity contribution in [1.82, 2.24) is 0 Å². The van der Waals surface area contributed by atoms with Crippen molar-refractivity contribution in [2.24, 2.45) is 0 Å². The molecule has 0 aliphatic heterocycles. The van der Waals surface area contributed by atoms with Gasteiger partial charge in [-0.2, -0.15) is 0 Å². The van der Waals surface area contributed by atoms with E-state index in [-0.39, 0.29) is 0 Å². The third-order valence-corrected chi connectivity index (χ3v) is 0. The van der Waals surface area contributed by atoms with Crippen molar-refractivity contribution >= 4 is 26.8 Å². The van der Waals surface area contributed by atoms with Crippen molar-refractivity contribution in [3.8, 4) is 0 Å². The van der Waals surface area contributed by atoms with Crippen LogP contribution in [0.4, 0.5) is 0 Å².